The molecule has 20 heavy (non-hydrogen) atoms. The quantitative estimate of drug-likeness (QED) is 0.588. The van der Waals surface area contributed by atoms with Crippen molar-refractivity contribution in [2.75, 3.05) is 31.7 Å². The summed E-state index contributed by atoms with van der Waals surface area (Å²) in [6.45, 7) is 1.93. The summed E-state index contributed by atoms with van der Waals surface area (Å²) in [5.41, 5.74) is 6.36. The number of aromatic nitrogens is 2. The number of rotatable bonds is 7. The van der Waals surface area contributed by atoms with E-state index >= 15 is 0 Å². The zero-order chi connectivity index (χ0) is 14.4. The van der Waals surface area contributed by atoms with E-state index in [9.17, 15) is 0 Å². The summed E-state index contributed by atoms with van der Waals surface area (Å²) >= 11 is 0. The summed E-state index contributed by atoms with van der Waals surface area (Å²) in [4.78, 5) is 10.7. The number of ether oxygens (including phenoxy) is 1. The summed E-state index contributed by atoms with van der Waals surface area (Å²) in [7, 11) is 1.67. The molecule has 6 nitrogen and oxygen atoms in total. The number of amidine groups is 1. The van der Waals surface area contributed by atoms with E-state index in [-0.39, 0.29) is 5.84 Å². The van der Waals surface area contributed by atoms with Gasteiger partial charge < -0.3 is 15.4 Å². The number of nitrogens with one attached hydrogen (secondary N) is 1. The fourth-order valence-electron chi connectivity index (χ4n) is 2.02. The van der Waals surface area contributed by atoms with Gasteiger partial charge in [0.2, 0.25) is 0 Å². The van der Waals surface area contributed by atoms with Crippen molar-refractivity contribution in [3.8, 4) is 0 Å². The van der Waals surface area contributed by atoms with Crippen LogP contribution in [-0.4, -0.2) is 42.6 Å². The smallest absolute Gasteiger partial charge is 0.139 e. The first kappa shape index (κ1) is 14.2. The number of hydrogen-bond acceptors (Lipinski definition) is 5. The van der Waals surface area contributed by atoms with Gasteiger partial charge in [0.15, 0.2) is 0 Å². The molecule has 1 aromatic heterocycles. The molecule has 0 aliphatic carbocycles. The van der Waals surface area contributed by atoms with E-state index in [1.54, 1.807) is 13.4 Å². The molecule has 0 spiro atoms. The molecule has 0 amide bonds. The third kappa shape index (κ3) is 3.42. The molecule has 2 rings (SSSR count). The molecule has 0 fully saturated rings. The molecule has 1 heterocycles. The van der Waals surface area contributed by atoms with E-state index in [0.29, 0.717) is 26.1 Å². The second-order valence-corrected chi connectivity index (χ2v) is 4.47. The monoisotopic (exact) mass is 273 g/mol. The first-order valence-electron chi connectivity index (χ1n) is 6.49. The maximum absolute atomic E-state index is 7.38. The van der Waals surface area contributed by atoms with Crippen molar-refractivity contribution in [1.82, 2.24) is 9.97 Å². The lowest BCUT2D eigenvalue weighted by atomic mass is 10.2. The number of para-hydroxylation sites is 1. The largest absolute Gasteiger partial charge is 0.388 e. The van der Waals surface area contributed by atoms with Crippen molar-refractivity contribution in [2.24, 2.45) is 5.73 Å². The minimum Gasteiger partial charge on any atom is -0.388 e. The third-order valence-corrected chi connectivity index (χ3v) is 3.04. The molecule has 0 bridgehead atoms. The van der Waals surface area contributed by atoms with Crippen LogP contribution < -0.4 is 10.6 Å². The SMILES string of the molecule is COCCN(CCC(=N)N)c1ncnc2ccccc12. The van der Waals surface area contributed by atoms with E-state index in [2.05, 4.69) is 14.9 Å². The van der Waals surface area contributed by atoms with Crippen LogP contribution in [0.25, 0.3) is 10.9 Å². The molecule has 0 aliphatic rings. The highest BCUT2D eigenvalue weighted by molar-refractivity contribution is 5.89. The molecule has 0 atom stereocenters. The van der Waals surface area contributed by atoms with Gasteiger partial charge in [-0.3, -0.25) is 5.41 Å². The van der Waals surface area contributed by atoms with Crippen molar-refractivity contribution in [2.45, 2.75) is 6.42 Å². The van der Waals surface area contributed by atoms with Crippen LogP contribution in [0.4, 0.5) is 5.82 Å². The Morgan fingerprint density at radius 2 is 2.10 bits per heavy atom. The summed E-state index contributed by atoms with van der Waals surface area (Å²) < 4.78 is 5.14. The number of anilines is 1. The van der Waals surface area contributed by atoms with Crippen LogP contribution in [-0.2, 0) is 4.74 Å². The van der Waals surface area contributed by atoms with Gasteiger partial charge in [0.05, 0.1) is 18.0 Å². The van der Waals surface area contributed by atoms with Crippen LogP contribution in [0, 0.1) is 5.41 Å². The highest BCUT2D eigenvalue weighted by Gasteiger charge is 2.12. The molecule has 0 saturated carbocycles. The normalized spacial score (nSPS) is 10.7. The average molecular weight is 273 g/mol. The summed E-state index contributed by atoms with van der Waals surface area (Å²) in [6.07, 6.45) is 2.06. The Kier molecular flexibility index (Phi) is 4.84. The van der Waals surface area contributed by atoms with Crippen LogP contribution in [0.15, 0.2) is 30.6 Å². The van der Waals surface area contributed by atoms with Crippen LogP contribution in [0.5, 0.6) is 0 Å². The maximum Gasteiger partial charge on any atom is 0.139 e. The van der Waals surface area contributed by atoms with Gasteiger partial charge in [-0.05, 0) is 12.1 Å². The number of benzene rings is 1. The van der Waals surface area contributed by atoms with Crippen LogP contribution in [0.3, 0.4) is 0 Å². The molecule has 106 valence electrons. The Bertz CT molecular complexity index is 581. The Hall–Kier alpha value is -2.21. The maximum atomic E-state index is 7.38. The minimum absolute atomic E-state index is 0.172. The zero-order valence-electron chi connectivity index (χ0n) is 11.5. The number of hydrogen-bond donors (Lipinski definition) is 2. The van der Waals surface area contributed by atoms with Gasteiger partial charge in [-0.15, -0.1) is 0 Å². The number of fused-ring (bicyclic) bond motifs is 1. The molecule has 0 unspecified atom stereocenters. The third-order valence-electron chi connectivity index (χ3n) is 3.04. The molecule has 6 heteroatoms. The number of nitrogens with zero attached hydrogens (tertiary/aromatic N) is 3. The van der Waals surface area contributed by atoms with Crippen molar-refractivity contribution < 1.29 is 4.74 Å². The van der Waals surface area contributed by atoms with Gasteiger partial charge in [0, 0.05) is 32.0 Å². The van der Waals surface area contributed by atoms with Gasteiger partial charge in [-0.2, -0.15) is 0 Å². The van der Waals surface area contributed by atoms with Gasteiger partial charge in [0.1, 0.15) is 12.1 Å². The topological polar surface area (TPSA) is 88.1 Å². The molecular weight excluding hydrogens is 254 g/mol. The van der Waals surface area contributed by atoms with Crippen molar-refractivity contribution >= 4 is 22.6 Å². The molecule has 0 saturated heterocycles. The van der Waals surface area contributed by atoms with E-state index in [1.807, 2.05) is 24.3 Å². The molecule has 0 radical (unpaired) electrons. The second-order valence-electron chi connectivity index (χ2n) is 4.47. The predicted octanol–water partition coefficient (Wildman–Crippen LogP) is 1.41. The molecule has 0 aliphatic heterocycles. The van der Waals surface area contributed by atoms with E-state index in [1.165, 1.54) is 0 Å². The zero-order valence-corrected chi connectivity index (χ0v) is 11.5. The number of methoxy groups -OCH3 is 1. The van der Waals surface area contributed by atoms with E-state index in [0.717, 1.165) is 16.7 Å². The average Bonchev–Trinajstić information content (AvgIpc) is 2.47. The lowest BCUT2D eigenvalue weighted by Gasteiger charge is -2.24. The van der Waals surface area contributed by atoms with Crippen molar-refractivity contribution in [3.05, 3.63) is 30.6 Å². The van der Waals surface area contributed by atoms with Crippen LogP contribution in [0.1, 0.15) is 6.42 Å². The molecule has 3 N–H and O–H groups in total. The van der Waals surface area contributed by atoms with Gasteiger partial charge >= 0.3 is 0 Å². The molecular formula is C14H19N5O. The van der Waals surface area contributed by atoms with Crippen molar-refractivity contribution in [1.29, 1.82) is 5.41 Å². The molecule has 1 aromatic carbocycles. The predicted molar refractivity (Wildman–Crippen MR) is 80.2 cm³/mol. The lowest BCUT2D eigenvalue weighted by molar-refractivity contribution is 0.205. The fraction of sp³-hybridized carbons (Fsp3) is 0.357. The Morgan fingerprint density at radius 3 is 2.85 bits per heavy atom. The van der Waals surface area contributed by atoms with Gasteiger partial charge in [-0.1, -0.05) is 12.1 Å². The Labute approximate surface area is 118 Å². The van der Waals surface area contributed by atoms with Gasteiger partial charge in [-0.25, -0.2) is 9.97 Å². The Balaban J connectivity index is 2.31. The fourth-order valence-corrected chi connectivity index (χ4v) is 2.02. The molecule has 2 aromatic rings. The highest BCUT2D eigenvalue weighted by atomic mass is 16.5. The highest BCUT2D eigenvalue weighted by Crippen LogP contribution is 2.22. The second kappa shape index (κ2) is 6.81. The van der Waals surface area contributed by atoms with E-state index < -0.39 is 0 Å². The van der Waals surface area contributed by atoms with Crippen molar-refractivity contribution in [3.63, 3.8) is 0 Å². The van der Waals surface area contributed by atoms with E-state index in [4.69, 9.17) is 15.9 Å². The lowest BCUT2D eigenvalue weighted by Crippen LogP contribution is -2.31. The number of nitrogens with two attached hydrogens (primary N) is 1. The first-order valence-corrected chi connectivity index (χ1v) is 6.49. The van der Waals surface area contributed by atoms with Gasteiger partial charge in [0.25, 0.3) is 0 Å². The summed E-state index contributed by atoms with van der Waals surface area (Å²) in [5, 5.41) is 8.37. The van der Waals surface area contributed by atoms with Crippen LogP contribution in [0.2, 0.25) is 0 Å². The standard InChI is InChI=1S/C14H19N5O/c1-20-9-8-19(7-6-13(15)16)14-11-4-2-3-5-12(11)17-10-18-14/h2-5,10H,6-9H2,1H3,(H3,15,16). The summed E-state index contributed by atoms with van der Waals surface area (Å²) in [5.74, 6) is 1.03. The first-order chi connectivity index (χ1) is 9.72. The van der Waals surface area contributed by atoms with Crippen LogP contribution >= 0.6 is 0 Å². The summed E-state index contributed by atoms with van der Waals surface area (Å²) in [6, 6.07) is 7.88. The Morgan fingerprint density at radius 1 is 1.30 bits per heavy atom. The minimum atomic E-state index is 0.172.